The summed E-state index contributed by atoms with van der Waals surface area (Å²) in [4.78, 5) is 40.4. The van der Waals surface area contributed by atoms with Crippen molar-refractivity contribution < 1.29 is 18.7 Å². The summed E-state index contributed by atoms with van der Waals surface area (Å²) < 4.78 is 11.1. The number of β-lactam (4-membered cyclic amide) rings is 1. The molecule has 184 valence electrons. The highest BCUT2D eigenvalue weighted by molar-refractivity contribution is 8.01. The van der Waals surface area contributed by atoms with Gasteiger partial charge < -0.3 is 14.9 Å². The Balaban J connectivity index is 1.48. The minimum Gasteiger partial charge on any atom is -0.448 e. The molecule has 0 saturated carbocycles. The van der Waals surface area contributed by atoms with Gasteiger partial charge in [0.1, 0.15) is 22.9 Å². The molecule has 2 aliphatic heterocycles. The van der Waals surface area contributed by atoms with Crippen LogP contribution in [0.1, 0.15) is 23.0 Å². The zero-order valence-corrected chi connectivity index (χ0v) is 21.1. The number of benzene rings is 2. The standard InChI is InChI=1S/C27H24N2O5S2/c1-16-12-20(13-21(30)33-16)35-14-19-15-36-26-22(28)25(31)29(26)23(19)27(32)34-24(17-8-4-2-5-9-17)18-10-6-3-7-11-18/h2-13,22,24,26H,14-15,28H2,1H3/t22-,26-/m1/s1. The number of nitrogens with two attached hydrogens (primary N) is 1. The van der Waals surface area contributed by atoms with Crippen LogP contribution < -0.4 is 11.4 Å². The smallest absolute Gasteiger partial charge is 0.356 e. The van der Waals surface area contributed by atoms with Crippen molar-refractivity contribution in [1.29, 1.82) is 0 Å². The molecule has 2 N–H and O–H groups in total. The molecule has 3 heterocycles. The van der Waals surface area contributed by atoms with Gasteiger partial charge in [0, 0.05) is 22.5 Å². The number of fused-ring (bicyclic) bond motifs is 1. The first-order valence-electron chi connectivity index (χ1n) is 11.4. The predicted molar refractivity (Wildman–Crippen MR) is 139 cm³/mol. The second-order valence-electron chi connectivity index (χ2n) is 8.51. The quantitative estimate of drug-likeness (QED) is 0.285. The zero-order valence-electron chi connectivity index (χ0n) is 19.5. The Bertz CT molecular complexity index is 1330. The van der Waals surface area contributed by atoms with Crippen molar-refractivity contribution in [3.8, 4) is 0 Å². The number of carbonyl (C=O) groups is 2. The Morgan fingerprint density at radius 1 is 1.11 bits per heavy atom. The topological polar surface area (TPSA) is 103 Å². The Morgan fingerprint density at radius 2 is 1.75 bits per heavy atom. The monoisotopic (exact) mass is 520 g/mol. The molecule has 1 saturated heterocycles. The van der Waals surface area contributed by atoms with Gasteiger partial charge in [-0.25, -0.2) is 9.59 Å². The maximum atomic E-state index is 13.7. The number of ether oxygens (including phenoxy) is 1. The Morgan fingerprint density at radius 3 is 2.36 bits per heavy atom. The number of nitrogens with zero attached hydrogens (tertiary/aromatic N) is 1. The van der Waals surface area contributed by atoms with E-state index in [-0.39, 0.29) is 17.0 Å². The molecule has 0 unspecified atom stereocenters. The third-order valence-corrected chi connectivity index (χ3v) is 8.41. The molecule has 2 atom stereocenters. The normalized spacial score (nSPS) is 19.2. The molecule has 2 aromatic carbocycles. The molecule has 7 nitrogen and oxygen atoms in total. The van der Waals surface area contributed by atoms with Crippen molar-refractivity contribution in [2.24, 2.45) is 5.73 Å². The fourth-order valence-corrected chi connectivity index (χ4v) is 6.69. The number of esters is 1. The van der Waals surface area contributed by atoms with Crippen molar-refractivity contribution in [3.05, 3.63) is 111 Å². The Labute approximate surface area is 216 Å². The molecule has 1 fully saturated rings. The van der Waals surface area contributed by atoms with E-state index in [1.807, 2.05) is 60.7 Å². The number of aryl methyl sites for hydroxylation is 1. The molecule has 1 amide bonds. The lowest BCUT2D eigenvalue weighted by Crippen LogP contribution is -2.68. The minimum atomic E-state index is -0.646. The molecule has 0 radical (unpaired) electrons. The number of thioether (sulfide) groups is 2. The largest absolute Gasteiger partial charge is 0.448 e. The molecule has 36 heavy (non-hydrogen) atoms. The Kier molecular flexibility index (Phi) is 7.04. The first kappa shape index (κ1) is 24.4. The van der Waals surface area contributed by atoms with Crippen LogP contribution >= 0.6 is 23.5 Å². The molecule has 5 rings (SSSR count). The van der Waals surface area contributed by atoms with Crippen molar-refractivity contribution in [2.75, 3.05) is 11.5 Å². The van der Waals surface area contributed by atoms with E-state index in [4.69, 9.17) is 14.9 Å². The second-order valence-corrected chi connectivity index (χ2v) is 10.7. The summed E-state index contributed by atoms with van der Waals surface area (Å²) in [6, 6.07) is 21.5. The second kappa shape index (κ2) is 10.4. The highest BCUT2D eigenvalue weighted by atomic mass is 32.2. The van der Waals surface area contributed by atoms with Gasteiger partial charge in [0.05, 0.1) is 0 Å². The van der Waals surface area contributed by atoms with Gasteiger partial charge in [-0.1, -0.05) is 60.7 Å². The van der Waals surface area contributed by atoms with Crippen molar-refractivity contribution >= 4 is 35.4 Å². The van der Waals surface area contributed by atoms with Gasteiger partial charge in [0.2, 0.25) is 5.91 Å². The number of hydrogen-bond acceptors (Lipinski definition) is 8. The first-order valence-corrected chi connectivity index (χ1v) is 13.4. The Hall–Kier alpha value is -3.27. The molecule has 0 bridgehead atoms. The summed E-state index contributed by atoms with van der Waals surface area (Å²) in [7, 11) is 0. The summed E-state index contributed by atoms with van der Waals surface area (Å²) in [5, 5.41) is -0.299. The molecular formula is C27H24N2O5S2. The molecule has 9 heteroatoms. The minimum absolute atomic E-state index is 0.245. The van der Waals surface area contributed by atoms with E-state index in [1.165, 1.54) is 34.5 Å². The maximum absolute atomic E-state index is 13.7. The van der Waals surface area contributed by atoms with Gasteiger partial charge in [-0.3, -0.25) is 9.69 Å². The fraction of sp³-hybridized carbons (Fsp3) is 0.222. The van der Waals surface area contributed by atoms with Crippen molar-refractivity contribution in [3.63, 3.8) is 0 Å². The van der Waals surface area contributed by atoms with Crippen molar-refractivity contribution in [2.45, 2.75) is 29.3 Å². The lowest BCUT2D eigenvalue weighted by atomic mass is 10.0. The van der Waals surface area contributed by atoms with E-state index >= 15 is 0 Å². The van der Waals surface area contributed by atoms with Gasteiger partial charge >= 0.3 is 11.6 Å². The number of rotatable bonds is 7. The summed E-state index contributed by atoms with van der Waals surface area (Å²) in [5.74, 6) is 0.579. The predicted octanol–water partition coefficient (Wildman–Crippen LogP) is 3.87. The summed E-state index contributed by atoms with van der Waals surface area (Å²) in [5.41, 5.74) is 8.26. The van der Waals surface area contributed by atoms with E-state index in [9.17, 15) is 14.4 Å². The maximum Gasteiger partial charge on any atom is 0.356 e. The number of carbonyl (C=O) groups excluding carboxylic acids is 2. The lowest BCUT2D eigenvalue weighted by Gasteiger charge is -2.48. The summed E-state index contributed by atoms with van der Waals surface area (Å²) >= 11 is 2.94. The van der Waals surface area contributed by atoms with Gasteiger partial charge in [-0.15, -0.1) is 23.5 Å². The molecule has 0 spiro atoms. The van der Waals surface area contributed by atoms with Crippen LogP contribution in [-0.2, 0) is 14.3 Å². The molecular weight excluding hydrogens is 496 g/mol. The average molecular weight is 521 g/mol. The zero-order chi connectivity index (χ0) is 25.2. The fourth-order valence-electron chi connectivity index (χ4n) is 4.26. The van der Waals surface area contributed by atoms with Gasteiger partial charge in [0.25, 0.3) is 0 Å². The van der Waals surface area contributed by atoms with Crippen molar-refractivity contribution in [1.82, 2.24) is 4.90 Å². The van der Waals surface area contributed by atoms with Crippen LogP contribution in [0, 0.1) is 6.92 Å². The van der Waals surface area contributed by atoms with E-state index in [0.29, 0.717) is 17.3 Å². The molecule has 0 aliphatic carbocycles. The SMILES string of the molecule is Cc1cc(SCC2=C(C(=O)OC(c3ccccc3)c3ccccc3)N3C(=O)[C@@H](N)[C@H]3SC2)cc(=O)o1. The van der Waals surface area contributed by atoms with Crippen LogP contribution in [0.3, 0.4) is 0 Å². The van der Waals surface area contributed by atoms with Crippen LogP contribution in [0.25, 0.3) is 0 Å². The van der Waals surface area contributed by atoms with E-state index in [1.54, 1.807) is 13.0 Å². The van der Waals surface area contributed by atoms with E-state index < -0.39 is 23.7 Å². The average Bonchev–Trinajstić information content (AvgIpc) is 2.89. The molecule has 2 aliphatic rings. The van der Waals surface area contributed by atoms with E-state index in [0.717, 1.165) is 21.6 Å². The van der Waals surface area contributed by atoms with Crippen LogP contribution in [-0.4, -0.2) is 39.7 Å². The van der Waals surface area contributed by atoms with Gasteiger partial charge in [-0.05, 0) is 29.7 Å². The summed E-state index contributed by atoms with van der Waals surface area (Å²) in [6.45, 7) is 1.71. The van der Waals surface area contributed by atoms with Gasteiger partial charge in [0.15, 0.2) is 6.10 Å². The molecule has 1 aromatic heterocycles. The summed E-state index contributed by atoms with van der Waals surface area (Å²) in [6.07, 6.45) is -0.638. The first-order chi connectivity index (χ1) is 17.4. The number of amides is 1. The third-order valence-electron chi connectivity index (χ3n) is 5.99. The van der Waals surface area contributed by atoms with E-state index in [2.05, 4.69) is 0 Å². The number of hydrogen-bond donors (Lipinski definition) is 1. The highest BCUT2D eigenvalue weighted by Crippen LogP contribution is 2.42. The lowest BCUT2D eigenvalue weighted by molar-refractivity contribution is -0.153. The van der Waals surface area contributed by atoms with Gasteiger partial charge in [-0.2, -0.15) is 0 Å². The highest BCUT2D eigenvalue weighted by Gasteiger charge is 2.52. The third kappa shape index (κ3) is 4.86. The van der Waals surface area contributed by atoms with Crippen LogP contribution in [0.4, 0.5) is 0 Å². The molecule has 3 aromatic rings. The van der Waals surface area contributed by atoms with Crippen LogP contribution in [0.2, 0.25) is 0 Å². The van der Waals surface area contributed by atoms with Crippen LogP contribution in [0.15, 0.2) is 98.2 Å². The van der Waals surface area contributed by atoms with Crippen LogP contribution in [0.5, 0.6) is 0 Å².